The molecule has 3 nitrogen and oxygen atoms in total. The second-order valence-electron chi connectivity index (χ2n) is 6.71. The number of hydrogen-bond acceptors (Lipinski definition) is 3. The topological polar surface area (TPSA) is 42.1 Å². The Hall–Kier alpha value is -0.870. The van der Waals surface area contributed by atoms with Crippen LogP contribution in [0, 0.1) is 11.8 Å². The maximum Gasteiger partial charge on any atom is 0.0705 e. The number of rotatable bonds is 2. The van der Waals surface area contributed by atoms with Crippen LogP contribution in [-0.2, 0) is 6.54 Å². The Labute approximate surface area is 150 Å². The molecule has 2 fully saturated rings. The lowest BCUT2D eigenvalue weighted by Crippen LogP contribution is -2.38. The normalized spacial score (nSPS) is 27.1. The van der Waals surface area contributed by atoms with Gasteiger partial charge in [0.15, 0.2) is 0 Å². The van der Waals surface area contributed by atoms with Crippen LogP contribution in [0.4, 0.5) is 0 Å². The Morgan fingerprint density at radius 2 is 1.87 bits per heavy atom. The highest BCUT2D eigenvalue weighted by molar-refractivity contribution is 5.85. The molecule has 1 aliphatic carbocycles. The number of nitrogens with two attached hydrogens (primary N) is 1. The number of hydrogen-bond donors (Lipinski definition) is 1. The largest absolute Gasteiger partial charge is 0.327 e. The van der Waals surface area contributed by atoms with Crippen molar-refractivity contribution in [3.8, 4) is 0 Å². The molecule has 1 saturated heterocycles. The molecule has 3 atom stereocenters. The number of likely N-dealkylation sites (tertiary alicyclic amines) is 1. The lowest BCUT2D eigenvalue weighted by molar-refractivity contribution is 0.259. The summed E-state index contributed by atoms with van der Waals surface area (Å²) in [5.74, 6) is 1.52. The van der Waals surface area contributed by atoms with Crippen LogP contribution < -0.4 is 5.73 Å². The van der Waals surface area contributed by atoms with Crippen molar-refractivity contribution in [2.24, 2.45) is 17.6 Å². The monoisotopic (exact) mass is 353 g/mol. The van der Waals surface area contributed by atoms with Gasteiger partial charge in [0.2, 0.25) is 0 Å². The van der Waals surface area contributed by atoms with E-state index in [2.05, 4.69) is 41.3 Å². The number of aromatic nitrogens is 1. The predicted octanol–water partition coefficient (Wildman–Crippen LogP) is 3.64. The zero-order chi connectivity index (χ0) is 14.2. The molecule has 3 unspecified atom stereocenters. The number of para-hydroxylation sites is 1. The molecular weight excluding hydrogens is 329 g/mol. The van der Waals surface area contributed by atoms with Crippen LogP contribution in [0.2, 0.25) is 0 Å². The summed E-state index contributed by atoms with van der Waals surface area (Å²) in [6.07, 6.45) is 3.88. The van der Waals surface area contributed by atoms with E-state index in [1.807, 2.05) is 0 Å². The minimum atomic E-state index is 0. The molecule has 2 N–H and O–H groups in total. The molecule has 23 heavy (non-hydrogen) atoms. The van der Waals surface area contributed by atoms with Gasteiger partial charge in [0.05, 0.1) is 11.2 Å². The molecule has 126 valence electrons. The molecule has 0 bridgehead atoms. The van der Waals surface area contributed by atoms with Crippen LogP contribution in [0.1, 0.15) is 25.0 Å². The number of benzene rings is 1. The first-order valence-electron chi connectivity index (χ1n) is 8.12. The molecule has 0 amide bonds. The fraction of sp³-hybridized carbons (Fsp3) is 0.500. The van der Waals surface area contributed by atoms with Gasteiger partial charge in [-0.05, 0) is 36.8 Å². The summed E-state index contributed by atoms with van der Waals surface area (Å²) in [6.45, 7) is 3.32. The fourth-order valence-electron chi connectivity index (χ4n) is 4.16. The smallest absolute Gasteiger partial charge is 0.0705 e. The van der Waals surface area contributed by atoms with Crippen LogP contribution in [0.25, 0.3) is 10.9 Å². The zero-order valence-electron chi connectivity index (χ0n) is 13.2. The maximum atomic E-state index is 6.31. The number of fused-ring (bicyclic) bond motifs is 2. The SMILES string of the molecule is Cl.Cl.NC1CCCC2CN(Cc3ccc4ccccc4n3)CC12. The summed E-state index contributed by atoms with van der Waals surface area (Å²) < 4.78 is 0. The second kappa shape index (κ2) is 7.80. The first kappa shape index (κ1) is 18.5. The predicted molar refractivity (Wildman–Crippen MR) is 100 cm³/mol. The first-order valence-corrected chi connectivity index (χ1v) is 8.12. The van der Waals surface area contributed by atoms with Crippen LogP contribution in [0.3, 0.4) is 0 Å². The van der Waals surface area contributed by atoms with E-state index < -0.39 is 0 Å². The number of halogens is 2. The van der Waals surface area contributed by atoms with E-state index in [-0.39, 0.29) is 24.8 Å². The Morgan fingerprint density at radius 3 is 2.70 bits per heavy atom. The lowest BCUT2D eigenvalue weighted by atomic mass is 9.78. The van der Waals surface area contributed by atoms with Crippen LogP contribution >= 0.6 is 24.8 Å². The summed E-state index contributed by atoms with van der Waals surface area (Å²) in [5, 5.41) is 1.22. The van der Waals surface area contributed by atoms with E-state index in [4.69, 9.17) is 10.7 Å². The van der Waals surface area contributed by atoms with Crippen molar-refractivity contribution >= 4 is 35.7 Å². The van der Waals surface area contributed by atoms with E-state index in [0.29, 0.717) is 12.0 Å². The molecule has 2 aliphatic rings. The van der Waals surface area contributed by atoms with Crippen molar-refractivity contribution in [1.29, 1.82) is 0 Å². The van der Waals surface area contributed by atoms with Crippen LogP contribution in [0.15, 0.2) is 36.4 Å². The van der Waals surface area contributed by atoms with E-state index in [9.17, 15) is 0 Å². The standard InChI is InChI=1S/C18H23N3.2ClH/c19-17-6-3-5-14-10-21(12-16(14)17)11-15-9-8-13-4-1-2-7-18(13)20-15;;/h1-2,4,7-9,14,16-17H,3,5-6,10-12,19H2;2*1H. The Bertz CT molecular complexity index is 649. The van der Waals surface area contributed by atoms with Gasteiger partial charge in [-0.15, -0.1) is 24.8 Å². The quantitative estimate of drug-likeness (QED) is 0.895. The lowest BCUT2D eigenvalue weighted by Gasteiger charge is -2.29. The minimum absolute atomic E-state index is 0. The van der Waals surface area contributed by atoms with Gasteiger partial charge in [-0.1, -0.05) is 30.7 Å². The summed E-state index contributed by atoms with van der Waals surface area (Å²) in [4.78, 5) is 7.36. The van der Waals surface area contributed by atoms with Gasteiger partial charge in [0.25, 0.3) is 0 Å². The molecule has 0 radical (unpaired) electrons. The van der Waals surface area contributed by atoms with Crippen molar-refractivity contribution in [2.45, 2.75) is 31.8 Å². The van der Waals surface area contributed by atoms with Gasteiger partial charge in [-0.2, -0.15) is 0 Å². The molecule has 1 aromatic carbocycles. The first-order chi connectivity index (χ1) is 10.3. The van der Waals surface area contributed by atoms with Crippen molar-refractivity contribution < 1.29 is 0 Å². The second-order valence-corrected chi connectivity index (χ2v) is 6.71. The van der Waals surface area contributed by atoms with Crippen molar-refractivity contribution in [1.82, 2.24) is 9.88 Å². The summed E-state index contributed by atoms with van der Waals surface area (Å²) in [6, 6.07) is 13.1. The zero-order valence-corrected chi connectivity index (χ0v) is 14.9. The van der Waals surface area contributed by atoms with Gasteiger partial charge in [-0.3, -0.25) is 9.88 Å². The highest BCUT2D eigenvalue weighted by atomic mass is 35.5. The molecule has 2 aromatic rings. The molecule has 1 saturated carbocycles. The maximum absolute atomic E-state index is 6.31. The highest BCUT2D eigenvalue weighted by Crippen LogP contribution is 2.35. The molecule has 5 heteroatoms. The van der Waals surface area contributed by atoms with E-state index in [1.54, 1.807) is 0 Å². The average molecular weight is 354 g/mol. The molecule has 0 spiro atoms. The Kier molecular flexibility index (Phi) is 6.26. The van der Waals surface area contributed by atoms with Crippen LogP contribution in [-0.4, -0.2) is 29.0 Å². The van der Waals surface area contributed by atoms with Gasteiger partial charge in [0.1, 0.15) is 0 Å². The molecule has 1 aliphatic heterocycles. The summed E-state index contributed by atoms with van der Waals surface area (Å²) >= 11 is 0. The molecular formula is C18H25Cl2N3. The van der Waals surface area contributed by atoms with Gasteiger partial charge >= 0.3 is 0 Å². The Balaban J connectivity index is 0.000000960. The van der Waals surface area contributed by atoms with Gasteiger partial charge in [0, 0.05) is 31.1 Å². The fourth-order valence-corrected chi connectivity index (χ4v) is 4.16. The minimum Gasteiger partial charge on any atom is -0.327 e. The average Bonchev–Trinajstić information content (AvgIpc) is 2.91. The highest BCUT2D eigenvalue weighted by Gasteiger charge is 2.38. The molecule has 4 rings (SSSR count). The van der Waals surface area contributed by atoms with E-state index >= 15 is 0 Å². The van der Waals surface area contributed by atoms with Crippen molar-refractivity contribution in [3.05, 3.63) is 42.1 Å². The molecule has 1 aromatic heterocycles. The van der Waals surface area contributed by atoms with Crippen LogP contribution in [0.5, 0.6) is 0 Å². The number of pyridine rings is 1. The number of nitrogens with zero attached hydrogens (tertiary/aromatic N) is 2. The third-order valence-electron chi connectivity index (χ3n) is 5.27. The van der Waals surface area contributed by atoms with Gasteiger partial charge in [-0.25, -0.2) is 0 Å². The third-order valence-corrected chi connectivity index (χ3v) is 5.27. The third kappa shape index (κ3) is 3.80. The van der Waals surface area contributed by atoms with Gasteiger partial charge < -0.3 is 5.73 Å². The van der Waals surface area contributed by atoms with Crippen molar-refractivity contribution in [3.63, 3.8) is 0 Å². The van der Waals surface area contributed by atoms with E-state index in [0.717, 1.165) is 24.5 Å². The Morgan fingerprint density at radius 1 is 1.04 bits per heavy atom. The summed E-state index contributed by atoms with van der Waals surface area (Å²) in [7, 11) is 0. The molecule has 2 heterocycles. The van der Waals surface area contributed by atoms with Crippen molar-refractivity contribution in [2.75, 3.05) is 13.1 Å². The van der Waals surface area contributed by atoms with E-state index in [1.165, 1.54) is 36.9 Å². The summed E-state index contributed by atoms with van der Waals surface area (Å²) in [5.41, 5.74) is 8.59.